The van der Waals surface area contributed by atoms with E-state index in [0.717, 1.165) is 43.8 Å². The van der Waals surface area contributed by atoms with Crippen molar-refractivity contribution in [3.8, 4) is 11.5 Å². The number of fused-ring (bicyclic) bond motifs is 6. The largest absolute Gasteiger partial charge is 0.488 e. The van der Waals surface area contributed by atoms with Crippen molar-refractivity contribution in [2.24, 2.45) is 7.05 Å². The fourth-order valence-electron chi connectivity index (χ4n) is 9.70. The summed E-state index contributed by atoms with van der Waals surface area (Å²) in [5.74, 6) is -0.940. The smallest absolute Gasteiger partial charge is 0.268 e. The van der Waals surface area contributed by atoms with Gasteiger partial charge in [-0.05, 0) is 63.4 Å². The SMILES string of the molecule is CC(=O)Nc1ccc2c3c(cc(OCc4ccccc4)c2c1)N(C(=O)CCC(=O)Nc1cc(C(=O)NCC(=O)N2CC(CCl)c4c2cc(OCc2ccccc2)c2cc(NC(C)=O)ccc42)n(C)c1)CC3CCl. The molecule has 374 valence electrons. The maximum absolute atomic E-state index is 14.0. The fraction of sp³-hybridized carbons (Fsp3) is 0.250. The summed E-state index contributed by atoms with van der Waals surface area (Å²) in [6.07, 6.45) is 1.33. The van der Waals surface area contributed by atoms with Crippen molar-refractivity contribution >= 4 is 109 Å². The van der Waals surface area contributed by atoms with Crippen LogP contribution < -0.4 is 40.5 Å². The van der Waals surface area contributed by atoms with Gasteiger partial charge >= 0.3 is 0 Å². The average Bonchev–Trinajstić information content (AvgIpc) is 4.08. The zero-order valence-electron chi connectivity index (χ0n) is 40.4. The van der Waals surface area contributed by atoms with Crippen LogP contribution in [0.4, 0.5) is 28.4 Å². The highest BCUT2D eigenvalue weighted by Gasteiger charge is 2.37. The highest BCUT2D eigenvalue weighted by atomic mass is 35.5. The minimum absolute atomic E-state index is 0.110. The summed E-state index contributed by atoms with van der Waals surface area (Å²) < 4.78 is 14.3. The van der Waals surface area contributed by atoms with Crippen LogP contribution in [0.5, 0.6) is 11.5 Å². The van der Waals surface area contributed by atoms with Gasteiger partial charge in [0.25, 0.3) is 5.91 Å². The number of nitrogens with zero attached hydrogens (tertiary/aromatic N) is 3. The van der Waals surface area contributed by atoms with Crippen LogP contribution in [-0.4, -0.2) is 71.4 Å². The van der Waals surface area contributed by atoms with Crippen LogP contribution in [0.25, 0.3) is 21.5 Å². The second-order valence-electron chi connectivity index (χ2n) is 18.2. The third-order valence-corrected chi connectivity index (χ3v) is 13.8. The Morgan fingerprint density at radius 1 is 0.575 bits per heavy atom. The molecule has 7 aromatic rings. The van der Waals surface area contributed by atoms with Crippen molar-refractivity contribution in [1.29, 1.82) is 0 Å². The highest BCUT2D eigenvalue weighted by molar-refractivity contribution is 6.20. The third kappa shape index (κ3) is 11.0. The van der Waals surface area contributed by atoms with Crippen molar-refractivity contribution in [1.82, 2.24) is 9.88 Å². The van der Waals surface area contributed by atoms with E-state index in [1.807, 2.05) is 103 Å². The van der Waals surface area contributed by atoms with Gasteiger partial charge in [0.1, 0.15) is 30.4 Å². The number of nitrogens with one attached hydrogen (secondary N) is 4. The van der Waals surface area contributed by atoms with Crippen molar-refractivity contribution in [3.63, 3.8) is 0 Å². The van der Waals surface area contributed by atoms with Gasteiger partial charge in [-0.3, -0.25) is 28.8 Å². The van der Waals surface area contributed by atoms with Gasteiger partial charge in [0, 0.05) is 111 Å². The molecule has 2 atom stereocenters. The molecule has 6 amide bonds. The van der Waals surface area contributed by atoms with Crippen LogP contribution in [0.3, 0.4) is 0 Å². The molecule has 6 aromatic carbocycles. The Hall–Kier alpha value is -7.88. The number of aryl methyl sites for hydroxylation is 1. The van der Waals surface area contributed by atoms with E-state index in [1.165, 1.54) is 19.9 Å². The lowest BCUT2D eigenvalue weighted by Gasteiger charge is -2.20. The molecule has 0 fully saturated rings. The summed E-state index contributed by atoms with van der Waals surface area (Å²) >= 11 is 13.1. The molecule has 0 saturated carbocycles. The molecule has 15 nitrogen and oxygen atoms in total. The lowest BCUT2D eigenvalue weighted by Crippen LogP contribution is -2.40. The molecule has 2 aliphatic heterocycles. The predicted molar refractivity (Wildman–Crippen MR) is 285 cm³/mol. The van der Waals surface area contributed by atoms with Crippen molar-refractivity contribution in [2.75, 3.05) is 57.1 Å². The van der Waals surface area contributed by atoms with Crippen LogP contribution in [0.2, 0.25) is 0 Å². The summed E-state index contributed by atoms with van der Waals surface area (Å²) in [4.78, 5) is 82.2. The number of hydrogen-bond donors (Lipinski definition) is 4. The van der Waals surface area contributed by atoms with Gasteiger partial charge in [-0.1, -0.05) is 72.8 Å². The van der Waals surface area contributed by atoms with E-state index in [1.54, 1.807) is 33.7 Å². The van der Waals surface area contributed by atoms with Crippen molar-refractivity contribution < 1.29 is 38.2 Å². The first-order chi connectivity index (χ1) is 35.3. The lowest BCUT2D eigenvalue weighted by molar-refractivity contribution is -0.122. The summed E-state index contributed by atoms with van der Waals surface area (Å²) in [6, 6.07) is 35.6. The number of anilines is 5. The number of benzene rings is 6. The van der Waals surface area contributed by atoms with Crippen LogP contribution >= 0.6 is 23.2 Å². The number of halogens is 2. The molecule has 0 aliphatic carbocycles. The molecule has 2 unspecified atom stereocenters. The molecule has 2 aliphatic rings. The van der Waals surface area contributed by atoms with E-state index in [-0.39, 0.29) is 92.1 Å². The molecular weight excluding hydrogens is 970 g/mol. The summed E-state index contributed by atoms with van der Waals surface area (Å²) in [5.41, 5.74) is 6.65. The van der Waals surface area contributed by atoms with Crippen LogP contribution in [0, 0.1) is 0 Å². The number of aromatic nitrogens is 1. The topological polar surface area (TPSA) is 180 Å². The maximum atomic E-state index is 14.0. The summed E-state index contributed by atoms with van der Waals surface area (Å²) in [5, 5.41) is 14.4. The van der Waals surface area contributed by atoms with Crippen LogP contribution in [0.1, 0.15) is 71.3 Å². The first-order valence-electron chi connectivity index (χ1n) is 23.9. The Labute approximate surface area is 431 Å². The maximum Gasteiger partial charge on any atom is 0.268 e. The van der Waals surface area contributed by atoms with Crippen LogP contribution in [0.15, 0.2) is 121 Å². The molecule has 0 radical (unpaired) electrons. The quantitative estimate of drug-likeness (QED) is 0.0651. The standard InChI is InChI=1S/C56H53Cl2N7O8/c1-33(66)60-39-14-16-42-44(20-39)49(72-31-35-10-6-4-7-11-35)23-46-54(42)37(25-57)28-64(46)52(69)19-18-51(68)62-41-22-48(63(3)30-41)56(71)59-27-53(70)65-29-38(26-58)55-43-17-15-40(61-34(2)67)21-45(43)50(24-47(55)65)73-32-36-12-8-5-9-13-36/h4-17,20-24,30,37-38H,18-19,25-29,31-32H2,1-3H3,(H,59,71)(H,60,66)(H,61,67)(H,62,68). The highest BCUT2D eigenvalue weighted by Crippen LogP contribution is 2.48. The van der Waals surface area contributed by atoms with E-state index in [9.17, 15) is 28.8 Å². The Balaban J connectivity index is 0.857. The molecule has 0 bridgehead atoms. The molecule has 0 saturated heterocycles. The van der Waals surface area contributed by atoms with E-state index < -0.39 is 11.8 Å². The Morgan fingerprint density at radius 2 is 1.07 bits per heavy atom. The normalized spacial score (nSPS) is 14.6. The number of hydrogen-bond acceptors (Lipinski definition) is 8. The van der Waals surface area contributed by atoms with Gasteiger partial charge < -0.3 is 45.1 Å². The minimum atomic E-state index is -0.539. The van der Waals surface area contributed by atoms with Gasteiger partial charge in [0.05, 0.1) is 23.6 Å². The molecule has 73 heavy (non-hydrogen) atoms. The number of alkyl halides is 2. The summed E-state index contributed by atoms with van der Waals surface area (Å²) in [7, 11) is 1.65. The van der Waals surface area contributed by atoms with Gasteiger partial charge in [-0.25, -0.2) is 0 Å². The van der Waals surface area contributed by atoms with E-state index in [2.05, 4.69) is 21.3 Å². The van der Waals surface area contributed by atoms with Gasteiger partial charge in [0.2, 0.25) is 29.5 Å². The first-order valence-corrected chi connectivity index (χ1v) is 24.9. The summed E-state index contributed by atoms with van der Waals surface area (Å²) in [6.45, 7) is 3.67. The molecule has 1 aromatic heterocycles. The average molecular weight is 1020 g/mol. The molecular formula is C56H53Cl2N7O8. The fourth-order valence-corrected chi connectivity index (χ4v) is 10.2. The minimum Gasteiger partial charge on any atom is -0.488 e. The molecule has 17 heteroatoms. The van der Waals surface area contributed by atoms with Gasteiger partial charge in [0.15, 0.2) is 0 Å². The monoisotopic (exact) mass is 1020 g/mol. The number of ether oxygens (including phenoxy) is 2. The van der Waals surface area contributed by atoms with Crippen molar-refractivity contribution in [3.05, 3.63) is 149 Å². The van der Waals surface area contributed by atoms with Crippen molar-refractivity contribution in [2.45, 2.75) is 51.7 Å². The molecule has 9 rings (SSSR count). The van der Waals surface area contributed by atoms with Gasteiger partial charge in [-0.2, -0.15) is 0 Å². The molecule has 4 N–H and O–H groups in total. The Morgan fingerprint density at radius 3 is 1.55 bits per heavy atom. The number of rotatable bonds is 17. The molecule has 0 spiro atoms. The van der Waals surface area contributed by atoms with E-state index in [0.29, 0.717) is 46.5 Å². The molecule has 3 heterocycles. The predicted octanol–water partition coefficient (Wildman–Crippen LogP) is 9.59. The Kier molecular flexibility index (Phi) is 15.0. The van der Waals surface area contributed by atoms with E-state index >= 15 is 0 Å². The Bertz CT molecular complexity index is 3290. The second-order valence-corrected chi connectivity index (χ2v) is 18.8. The second kappa shape index (κ2) is 21.9. The van der Waals surface area contributed by atoms with Gasteiger partial charge in [-0.15, -0.1) is 23.2 Å². The number of carbonyl (C=O) groups is 6. The third-order valence-electron chi connectivity index (χ3n) is 13.0. The number of carbonyl (C=O) groups excluding carboxylic acids is 6. The zero-order chi connectivity index (χ0) is 51.3. The lowest BCUT2D eigenvalue weighted by atomic mass is 9.95. The van der Waals surface area contributed by atoms with E-state index in [4.69, 9.17) is 32.7 Å². The zero-order valence-corrected chi connectivity index (χ0v) is 41.9. The first kappa shape index (κ1) is 50.1. The van der Waals surface area contributed by atoms with Crippen LogP contribution in [-0.2, 0) is 44.2 Å². The number of amides is 6.